The molecule has 0 amide bonds. The van der Waals surface area contributed by atoms with Gasteiger partial charge >= 0.3 is 0 Å². The summed E-state index contributed by atoms with van der Waals surface area (Å²) in [6.07, 6.45) is 4.87. The van der Waals surface area contributed by atoms with Crippen molar-refractivity contribution in [3.63, 3.8) is 0 Å². The summed E-state index contributed by atoms with van der Waals surface area (Å²) in [4.78, 5) is 13.2. The molecule has 0 aromatic heterocycles. The van der Waals surface area contributed by atoms with Crippen LogP contribution in [0.4, 0.5) is 11.4 Å². The van der Waals surface area contributed by atoms with Crippen molar-refractivity contribution in [1.29, 1.82) is 0 Å². The number of nitro groups is 1. The van der Waals surface area contributed by atoms with Crippen molar-refractivity contribution >= 4 is 11.4 Å². The predicted molar refractivity (Wildman–Crippen MR) is 81.0 cm³/mol. The van der Waals surface area contributed by atoms with Crippen molar-refractivity contribution in [2.45, 2.75) is 45.2 Å². The summed E-state index contributed by atoms with van der Waals surface area (Å²) in [5.41, 5.74) is 1.83. The smallest absolute Gasteiger partial charge is 0.292 e. The molecule has 5 heteroatoms. The molecular weight excluding hydrogens is 254 g/mol. The summed E-state index contributed by atoms with van der Waals surface area (Å²) in [6, 6.07) is 5.99. The maximum atomic E-state index is 11.1. The lowest BCUT2D eigenvalue weighted by atomic mass is 10.1. The van der Waals surface area contributed by atoms with E-state index in [1.807, 2.05) is 6.07 Å². The molecule has 0 atom stereocenters. The molecule has 0 bridgehead atoms. The minimum Gasteiger partial charge on any atom is -0.382 e. The maximum absolute atomic E-state index is 11.1. The molecule has 110 valence electrons. The highest BCUT2D eigenvalue weighted by Crippen LogP contribution is 2.33. The minimum absolute atomic E-state index is 0.163. The topological polar surface area (TPSA) is 58.4 Å². The Morgan fingerprint density at radius 2 is 2.20 bits per heavy atom. The second-order valence-corrected chi connectivity index (χ2v) is 5.37. The average Bonchev–Trinajstić information content (AvgIpc) is 3.27. The van der Waals surface area contributed by atoms with Gasteiger partial charge in [0.15, 0.2) is 0 Å². The fourth-order valence-corrected chi connectivity index (χ4v) is 2.57. The predicted octanol–water partition coefficient (Wildman–Crippen LogP) is 3.40. The number of hydrogen-bond donors (Lipinski definition) is 1. The van der Waals surface area contributed by atoms with Crippen molar-refractivity contribution in [2.75, 3.05) is 18.9 Å². The van der Waals surface area contributed by atoms with Crippen molar-refractivity contribution in [3.05, 3.63) is 33.9 Å². The molecule has 1 aromatic rings. The quantitative estimate of drug-likeness (QED) is 0.584. The van der Waals surface area contributed by atoms with Crippen molar-refractivity contribution in [2.24, 2.45) is 0 Å². The zero-order valence-corrected chi connectivity index (χ0v) is 12.3. The summed E-state index contributed by atoms with van der Waals surface area (Å²) < 4.78 is 0. The number of nitrogens with one attached hydrogen (secondary N) is 1. The molecule has 20 heavy (non-hydrogen) atoms. The lowest BCUT2D eigenvalue weighted by Gasteiger charge is -2.23. The van der Waals surface area contributed by atoms with E-state index in [1.54, 1.807) is 19.2 Å². The Bertz CT molecular complexity index is 472. The molecule has 0 unspecified atom stereocenters. The first-order chi connectivity index (χ1) is 9.67. The van der Waals surface area contributed by atoms with Crippen LogP contribution in [0, 0.1) is 10.1 Å². The van der Waals surface area contributed by atoms with E-state index in [0.29, 0.717) is 11.7 Å². The van der Waals surface area contributed by atoms with E-state index in [9.17, 15) is 10.1 Å². The summed E-state index contributed by atoms with van der Waals surface area (Å²) in [7, 11) is 1.75. The zero-order valence-electron chi connectivity index (χ0n) is 12.3. The van der Waals surface area contributed by atoms with Gasteiger partial charge in [0.25, 0.3) is 5.69 Å². The van der Waals surface area contributed by atoms with Gasteiger partial charge in [-0.1, -0.05) is 25.5 Å². The van der Waals surface area contributed by atoms with Crippen molar-refractivity contribution in [1.82, 2.24) is 4.90 Å². The number of nitro benzene ring substituents is 1. The summed E-state index contributed by atoms with van der Waals surface area (Å²) in [5.74, 6) is 0. The third-order valence-electron chi connectivity index (χ3n) is 3.81. The highest BCUT2D eigenvalue weighted by atomic mass is 16.6. The standard InChI is InChI=1S/C15H23N3O2/c1-3-4-10-17(13-8-9-13)11-12-6-5-7-14(18(19)20)15(12)16-2/h5-7,13,16H,3-4,8-11H2,1-2H3. The lowest BCUT2D eigenvalue weighted by molar-refractivity contribution is -0.384. The number of nitrogens with zero attached hydrogens (tertiary/aromatic N) is 2. The van der Waals surface area contributed by atoms with Gasteiger partial charge in [0.2, 0.25) is 0 Å². The number of rotatable bonds is 8. The third-order valence-corrected chi connectivity index (χ3v) is 3.81. The zero-order chi connectivity index (χ0) is 14.5. The Hall–Kier alpha value is -1.62. The fourth-order valence-electron chi connectivity index (χ4n) is 2.57. The Labute approximate surface area is 120 Å². The number of para-hydroxylation sites is 1. The van der Waals surface area contributed by atoms with Crippen molar-refractivity contribution < 1.29 is 4.92 Å². The summed E-state index contributed by atoms with van der Waals surface area (Å²) >= 11 is 0. The van der Waals surface area contributed by atoms with Crippen molar-refractivity contribution in [3.8, 4) is 0 Å². The van der Waals surface area contributed by atoms with Crippen LogP contribution in [0.1, 0.15) is 38.2 Å². The molecule has 2 rings (SSSR count). The van der Waals surface area contributed by atoms with Gasteiger partial charge in [0.1, 0.15) is 5.69 Å². The highest BCUT2D eigenvalue weighted by Gasteiger charge is 2.29. The highest BCUT2D eigenvalue weighted by molar-refractivity contribution is 5.66. The van der Waals surface area contributed by atoms with Crippen LogP contribution in [0.15, 0.2) is 18.2 Å². The molecule has 5 nitrogen and oxygen atoms in total. The van der Waals surface area contributed by atoms with E-state index in [2.05, 4.69) is 17.1 Å². The largest absolute Gasteiger partial charge is 0.382 e. The molecule has 0 radical (unpaired) electrons. The molecule has 1 N–H and O–H groups in total. The molecule has 1 aliphatic rings. The van der Waals surface area contributed by atoms with Gasteiger partial charge < -0.3 is 5.32 Å². The van der Waals surface area contributed by atoms with Crippen LogP contribution in [-0.2, 0) is 6.54 Å². The summed E-state index contributed by atoms with van der Waals surface area (Å²) in [6.45, 7) is 4.06. The van der Waals surface area contributed by atoms with Gasteiger partial charge in [-0.3, -0.25) is 15.0 Å². The monoisotopic (exact) mass is 277 g/mol. The summed E-state index contributed by atoms with van der Waals surface area (Å²) in [5, 5.41) is 14.1. The van der Waals surface area contributed by atoms with E-state index < -0.39 is 0 Å². The van der Waals surface area contributed by atoms with Gasteiger partial charge in [-0.15, -0.1) is 0 Å². The molecule has 1 fully saturated rings. The van der Waals surface area contributed by atoms with E-state index in [1.165, 1.54) is 25.7 Å². The van der Waals surface area contributed by atoms with E-state index in [4.69, 9.17) is 0 Å². The van der Waals surface area contributed by atoms with E-state index in [0.717, 1.165) is 18.7 Å². The van der Waals surface area contributed by atoms with Crippen LogP contribution < -0.4 is 5.32 Å². The van der Waals surface area contributed by atoms with E-state index >= 15 is 0 Å². The first-order valence-corrected chi connectivity index (χ1v) is 7.35. The van der Waals surface area contributed by atoms with Crippen LogP contribution >= 0.6 is 0 Å². The van der Waals surface area contributed by atoms with Crippen LogP contribution in [0.2, 0.25) is 0 Å². The van der Waals surface area contributed by atoms with Crippen LogP contribution in [0.5, 0.6) is 0 Å². The fraction of sp³-hybridized carbons (Fsp3) is 0.600. The molecule has 1 aliphatic carbocycles. The van der Waals surface area contributed by atoms with E-state index in [-0.39, 0.29) is 10.6 Å². The Kier molecular flexibility index (Phi) is 4.95. The third kappa shape index (κ3) is 3.48. The molecule has 0 aliphatic heterocycles. The lowest BCUT2D eigenvalue weighted by Crippen LogP contribution is -2.27. The maximum Gasteiger partial charge on any atom is 0.292 e. The second kappa shape index (κ2) is 6.70. The number of anilines is 1. The molecule has 1 saturated carbocycles. The van der Waals surface area contributed by atoms with Crippen LogP contribution in [-0.4, -0.2) is 29.5 Å². The molecule has 0 spiro atoms. The average molecular weight is 277 g/mol. The first-order valence-electron chi connectivity index (χ1n) is 7.35. The molecule has 1 aromatic carbocycles. The Morgan fingerprint density at radius 1 is 1.45 bits per heavy atom. The van der Waals surface area contributed by atoms with Crippen LogP contribution in [0.3, 0.4) is 0 Å². The number of benzene rings is 1. The van der Waals surface area contributed by atoms with Gasteiger partial charge in [-0.25, -0.2) is 0 Å². The Morgan fingerprint density at radius 3 is 2.75 bits per heavy atom. The SMILES string of the molecule is CCCCN(Cc1cccc([N+](=O)[O-])c1NC)C1CC1. The van der Waals surface area contributed by atoms with Crippen LogP contribution in [0.25, 0.3) is 0 Å². The Balaban J connectivity index is 2.18. The molecule has 0 heterocycles. The number of unbranched alkanes of at least 4 members (excludes halogenated alkanes) is 1. The second-order valence-electron chi connectivity index (χ2n) is 5.37. The molecular formula is C15H23N3O2. The van der Waals surface area contributed by atoms with Gasteiger partial charge in [-0.2, -0.15) is 0 Å². The number of hydrogen-bond acceptors (Lipinski definition) is 4. The first kappa shape index (κ1) is 14.8. The minimum atomic E-state index is -0.317. The van der Waals surface area contributed by atoms with Gasteiger partial charge in [0.05, 0.1) is 4.92 Å². The normalized spacial score (nSPS) is 14.6. The van der Waals surface area contributed by atoms with Gasteiger partial charge in [0, 0.05) is 25.7 Å². The van der Waals surface area contributed by atoms with Gasteiger partial charge in [-0.05, 0) is 31.4 Å². The molecule has 0 saturated heterocycles.